The van der Waals surface area contributed by atoms with Gasteiger partial charge in [-0.1, -0.05) is 31.2 Å². The minimum absolute atomic E-state index is 0.00124. The van der Waals surface area contributed by atoms with Gasteiger partial charge < -0.3 is 20.1 Å². The van der Waals surface area contributed by atoms with Gasteiger partial charge in [0.1, 0.15) is 11.6 Å². The van der Waals surface area contributed by atoms with Crippen LogP contribution in [0.15, 0.2) is 54.1 Å². The average Bonchev–Trinajstić information content (AvgIpc) is 2.77. The molecule has 2 N–H and O–H groups in total. The van der Waals surface area contributed by atoms with Crippen molar-refractivity contribution in [2.45, 2.75) is 33.2 Å². The molecule has 0 saturated carbocycles. The largest absolute Gasteiger partial charge is 0.490 e. The zero-order valence-corrected chi connectivity index (χ0v) is 18.0. The van der Waals surface area contributed by atoms with Crippen LogP contribution in [0.5, 0.6) is 11.5 Å². The van der Waals surface area contributed by atoms with Crippen LogP contribution in [-0.4, -0.2) is 31.1 Å². The summed E-state index contributed by atoms with van der Waals surface area (Å²) in [4.78, 5) is 24.4. The van der Waals surface area contributed by atoms with Gasteiger partial charge >= 0.3 is 0 Å². The van der Waals surface area contributed by atoms with E-state index in [4.69, 9.17) is 9.47 Å². The Labute approximate surface area is 182 Å². The number of hydrogen-bond acceptors (Lipinski definition) is 5. The van der Waals surface area contributed by atoms with Crippen molar-refractivity contribution >= 4 is 23.6 Å². The third-order valence-electron chi connectivity index (χ3n) is 4.35. The van der Waals surface area contributed by atoms with Crippen LogP contribution in [0.1, 0.15) is 32.8 Å². The van der Waals surface area contributed by atoms with Gasteiger partial charge in [0.25, 0.3) is 11.8 Å². The van der Waals surface area contributed by atoms with Crippen molar-refractivity contribution in [1.82, 2.24) is 5.32 Å². The Balaban J connectivity index is 2.11. The molecule has 0 unspecified atom stereocenters. The summed E-state index contributed by atoms with van der Waals surface area (Å²) in [7, 11) is 0. The lowest BCUT2D eigenvalue weighted by molar-refractivity contribution is -0.118. The third kappa shape index (κ3) is 7.52. The van der Waals surface area contributed by atoms with Crippen LogP contribution >= 0.6 is 0 Å². The molecule has 162 valence electrons. The van der Waals surface area contributed by atoms with Gasteiger partial charge in [0, 0.05) is 11.7 Å². The van der Waals surface area contributed by atoms with Crippen LogP contribution in [0.4, 0.5) is 5.69 Å². The molecule has 0 aliphatic rings. The van der Waals surface area contributed by atoms with Crippen molar-refractivity contribution in [3.05, 3.63) is 59.7 Å². The van der Waals surface area contributed by atoms with Crippen molar-refractivity contribution in [3.63, 3.8) is 0 Å². The molecule has 0 aromatic heterocycles. The summed E-state index contributed by atoms with van der Waals surface area (Å²) < 4.78 is 11.2. The van der Waals surface area contributed by atoms with Gasteiger partial charge in [0.15, 0.2) is 18.1 Å². The Morgan fingerprint density at radius 3 is 2.48 bits per heavy atom. The number of nitrogens with zero attached hydrogens (tertiary/aromatic N) is 1. The van der Waals surface area contributed by atoms with Crippen LogP contribution in [0, 0.1) is 11.3 Å². The van der Waals surface area contributed by atoms with Gasteiger partial charge in [-0.15, -0.1) is 0 Å². The molecule has 0 heterocycles. The monoisotopic (exact) mass is 421 g/mol. The topological polar surface area (TPSA) is 100 Å². The summed E-state index contributed by atoms with van der Waals surface area (Å²) in [5.41, 5.74) is 1.29. The first-order valence-electron chi connectivity index (χ1n) is 10.1. The van der Waals surface area contributed by atoms with Crippen LogP contribution < -0.4 is 20.1 Å². The Morgan fingerprint density at radius 2 is 1.84 bits per heavy atom. The zero-order valence-electron chi connectivity index (χ0n) is 18.0. The number of para-hydroxylation sites is 1. The molecule has 0 aliphatic heterocycles. The van der Waals surface area contributed by atoms with Crippen LogP contribution in [0.3, 0.4) is 0 Å². The molecule has 31 heavy (non-hydrogen) atoms. The van der Waals surface area contributed by atoms with E-state index in [1.807, 2.05) is 45.0 Å². The number of nitriles is 1. The van der Waals surface area contributed by atoms with E-state index in [-0.39, 0.29) is 24.1 Å². The van der Waals surface area contributed by atoms with Crippen LogP contribution in [-0.2, 0) is 9.59 Å². The molecule has 7 heteroatoms. The lowest BCUT2D eigenvalue weighted by Gasteiger charge is -2.13. The predicted molar refractivity (Wildman–Crippen MR) is 120 cm³/mol. The Kier molecular flexibility index (Phi) is 9.12. The van der Waals surface area contributed by atoms with Crippen molar-refractivity contribution in [3.8, 4) is 17.6 Å². The highest BCUT2D eigenvalue weighted by Gasteiger charge is 2.13. The average molecular weight is 421 g/mol. The molecule has 2 amide bonds. The summed E-state index contributed by atoms with van der Waals surface area (Å²) in [5.74, 6) is 0.0898. The molecule has 0 saturated heterocycles. The molecule has 2 aromatic carbocycles. The highest BCUT2D eigenvalue weighted by atomic mass is 16.5. The molecule has 0 radical (unpaired) electrons. The molecule has 7 nitrogen and oxygen atoms in total. The summed E-state index contributed by atoms with van der Waals surface area (Å²) >= 11 is 0. The molecule has 0 fully saturated rings. The number of hydrogen-bond donors (Lipinski definition) is 2. The van der Waals surface area contributed by atoms with E-state index < -0.39 is 5.91 Å². The quantitative estimate of drug-likeness (QED) is 0.447. The standard InChI is InChI=1S/C24H27N3O4/c1-4-17(3)26-24(29)19(15-25)13-18-11-12-21(22(14-18)30-5-2)31-16-23(28)27-20-9-7-6-8-10-20/h6-14,17H,4-5,16H2,1-3H3,(H,26,29)(H,27,28)/b19-13+/t17-/m0/s1. The number of rotatable bonds is 10. The lowest BCUT2D eigenvalue weighted by atomic mass is 10.1. The first-order valence-corrected chi connectivity index (χ1v) is 10.1. The number of benzene rings is 2. The number of carbonyl (C=O) groups is 2. The van der Waals surface area contributed by atoms with Crippen LogP contribution in [0.2, 0.25) is 0 Å². The first-order chi connectivity index (χ1) is 15.0. The number of amides is 2. The Bertz CT molecular complexity index is 965. The number of carbonyl (C=O) groups excluding carboxylic acids is 2. The Hall–Kier alpha value is -3.79. The summed E-state index contributed by atoms with van der Waals surface area (Å²) in [6, 6.07) is 16.0. The smallest absolute Gasteiger partial charge is 0.262 e. The second-order valence-electron chi connectivity index (χ2n) is 6.79. The number of anilines is 1. The fourth-order valence-corrected chi connectivity index (χ4v) is 2.58. The maximum absolute atomic E-state index is 12.3. The molecule has 2 aromatic rings. The van der Waals surface area contributed by atoms with Gasteiger partial charge in [0.2, 0.25) is 0 Å². The van der Waals surface area contributed by atoms with E-state index in [9.17, 15) is 14.9 Å². The summed E-state index contributed by atoms with van der Waals surface area (Å²) in [5, 5.41) is 14.9. The second kappa shape index (κ2) is 12.0. The van der Waals surface area contributed by atoms with Crippen molar-refractivity contribution in [2.75, 3.05) is 18.5 Å². The molecule has 1 atom stereocenters. The van der Waals surface area contributed by atoms with E-state index in [1.165, 1.54) is 6.08 Å². The SMILES string of the molecule is CCOc1cc(/C=C(\C#N)C(=O)N[C@@H](C)CC)ccc1OCC(=O)Nc1ccccc1. The van der Waals surface area contributed by atoms with E-state index in [0.717, 1.165) is 6.42 Å². The third-order valence-corrected chi connectivity index (χ3v) is 4.35. The lowest BCUT2D eigenvalue weighted by Crippen LogP contribution is -2.32. The molecule has 2 rings (SSSR count). The van der Waals surface area contributed by atoms with Crippen molar-refractivity contribution in [2.24, 2.45) is 0 Å². The normalized spacial score (nSPS) is 11.7. The van der Waals surface area contributed by atoms with E-state index in [1.54, 1.807) is 30.3 Å². The number of ether oxygens (including phenoxy) is 2. The minimum Gasteiger partial charge on any atom is -0.490 e. The number of nitrogens with one attached hydrogen (secondary N) is 2. The minimum atomic E-state index is -0.423. The zero-order chi connectivity index (χ0) is 22.6. The first kappa shape index (κ1) is 23.5. The summed E-state index contributed by atoms with van der Waals surface area (Å²) in [6.07, 6.45) is 2.26. The van der Waals surface area contributed by atoms with Gasteiger partial charge in [-0.3, -0.25) is 9.59 Å². The van der Waals surface area contributed by atoms with Gasteiger partial charge in [-0.25, -0.2) is 0 Å². The highest BCUT2D eigenvalue weighted by Crippen LogP contribution is 2.29. The maximum Gasteiger partial charge on any atom is 0.262 e. The molecular weight excluding hydrogens is 394 g/mol. The predicted octanol–water partition coefficient (Wildman–Crippen LogP) is 3.92. The van der Waals surface area contributed by atoms with Crippen LogP contribution in [0.25, 0.3) is 6.08 Å². The Morgan fingerprint density at radius 1 is 1.10 bits per heavy atom. The molecule has 0 spiro atoms. The van der Waals surface area contributed by atoms with Gasteiger partial charge in [-0.2, -0.15) is 5.26 Å². The van der Waals surface area contributed by atoms with Crippen molar-refractivity contribution in [1.29, 1.82) is 5.26 Å². The highest BCUT2D eigenvalue weighted by molar-refractivity contribution is 6.01. The molecule has 0 bridgehead atoms. The molecular formula is C24H27N3O4. The summed E-state index contributed by atoms with van der Waals surface area (Å²) in [6.45, 7) is 5.85. The van der Waals surface area contributed by atoms with Crippen molar-refractivity contribution < 1.29 is 19.1 Å². The van der Waals surface area contributed by atoms with E-state index in [2.05, 4.69) is 10.6 Å². The fourth-order valence-electron chi connectivity index (χ4n) is 2.58. The maximum atomic E-state index is 12.3. The van der Waals surface area contributed by atoms with E-state index in [0.29, 0.717) is 29.4 Å². The second-order valence-corrected chi connectivity index (χ2v) is 6.79. The van der Waals surface area contributed by atoms with E-state index >= 15 is 0 Å². The molecule has 0 aliphatic carbocycles. The van der Waals surface area contributed by atoms with Gasteiger partial charge in [0.05, 0.1) is 6.61 Å². The van der Waals surface area contributed by atoms with Gasteiger partial charge in [-0.05, 0) is 56.2 Å². The fraction of sp³-hybridized carbons (Fsp3) is 0.292.